The van der Waals surface area contributed by atoms with Crippen molar-refractivity contribution in [2.45, 2.75) is 44.2 Å². The molecule has 0 bridgehead atoms. The minimum absolute atomic E-state index is 0.0498. The maximum atomic E-state index is 5.60. The van der Waals surface area contributed by atoms with Crippen LogP contribution in [-0.4, -0.2) is 38.5 Å². The smallest absolute Gasteiger partial charge is 0.106 e. The average molecular weight is 213 g/mol. The van der Waals surface area contributed by atoms with Gasteiger partial charge in [-0.25, -0.2) is 0 Å². The van der Waals surface area contributed by atoms with Crippen molar-refractivity contribution in [3.63, 3.8) is 0 Å². The Hall–Kier alpha value is -0.120. The fraction of sp³-hybridized carbons (Fsp3) is 1.00. The fourth-order valence-corrected chi connectivity index (χ4v) is 2.68. The lowest BCUT2D eigenvalue weighted by Gasteiger charge is -2.28. The molecule has 3 nitrogen and oxygen atoms in total. The van der Waals surface area contributed by atoms with Crippen LogP contribution in [0.15, 0.2) is 0 Å². The van der Waals surface area contributed by atoms with Gasteiger partial charge in [-0.15, -0.1) is 0 Å². The van der Waals surface area contributed by atoms with Gasteiger partial charge < -0.3 is 14.8 Å². The first-order valence-electron chi connectivity index (χ1n) is 6.10. The van der Waals surface area contributed by atoms with Crippen molar-refractivity contribution >= 4 is 0 Å². The van der Waals surface area contributed by atoms with Gasteiger partial charge in [-0.2, -0.15) is 0 Å². The van der Waals surface area contributed by atoms with Crippen molar-refractivity contribution < 1.29 is 9.47 Å². The van der Waals surface area contributed by atoms with Crippen LogP contribution in [0, 0.1) is 5.92 Å². The zero-order chi connectivity index (χ0) is 10.7. The Morgan fingerprint density at radius 2 is 2.33 bits per heavy atom. The van der Waals surface area contributed by atoms with Crippen LogP contribution in [0.1, 0.15) is 32.6 Å². The lowest BCUT2D eigenvalue weighted by atomic mass is 10.0. The van der Waals surface area contributed by atoms with Crippen LogP contribution in [0.25, 0.3) is 0 Å². The molecule has 3 unspecified atom stereocenters. The second-order valence-corrected chi connectivity index (χ2v) is 5.19. The molecule has 0 spiro atoms. The van der Waals surface area contributed by atoms with E-state index in [0.717, 1.165) is 32.1 Å². The third-order valence-corrected chi connectivity index (χ3v) is 3.91. The summed E-state index contributed by atoms with van der Waals surface area (Å²) in [6, 6.07) is 0.702. The Kier molecular flexibility index (Phi) is 3.65. The van der Waals surface area contributed by atoms with Crippen molar-refractivity contribution in [1.82, 2.24) is 5.32 Å². The van der Waals surface area contributed by atoms with Crippen LogP contribution >= 0.6 is 0 Å². The molecule has 0 aromatic rings. The Balaban J connectivity index is 1.76. The maximum absolute atomic E-state index is 5.60. The molecule has 3 atom stereocenters. The van der Waals surface area contributed by atoms with Gasteiger partial charge in [0.05, 0.1) is 6.61 Å². The molecule has 88 valence electrons. The van der Waals surface area contributed by atoms with Crippen LogP contribution < -0.4 is 5.32 Å². The van der Waals surface area contributed by atoms with Gasteiger partial charge in [0.1, 0.15) is 5.60 Å². The van der Waals surface area contributed by atoms with Crippen molar-refractivity contribution in [3.05, 3.63) is 0 Å². The van der Waals surface area contributed by atoms with Crippen molar-refractivity contribution in [3.8, 4) is 0 Å². The first-order valence-corrected chi connectivity index (χ1v) is 6.10. The summed E-state index contributed by atoms with van der Waals surface area (Å²) >= 11 is 0. The summed E-state index contributed by atoms with van der Waals surface area (Å²) in [6.07, 6.45) is 5.04. The lowest BCUT2D eigenvalue weighted by Crippen LogP contribution is -2.45. The van der Waals surface area contributed by atoms with Gasteiger partial charge >= 0.3 is 0 Å². The minimum atomic E-state index is -0.0498. The second kappa shape index (κ2) is 4.81. The van der Waals surface area contributed by atoms with Gasteiger partial charge in [-0.3, -0.25) is 0 Å². The highest BCUT2D eigenvalue weighted by molar-refractivity contribution is 4.89. The van der Waals surface area contributed by atoms with E-state index < -0.39 is 0 Å². The molecule has 15 heavy (non-hydrogen) atoms. The van der Waals surface area contributed by atoms with Crippen LogP contribution in [0.2, 0.25) is 0 Å². The largest absolute Gasteiger partial charge is 0.378 e. The number of nitrogens with one attached hydrogen (secondary N) is 1. The van der Waals surface area contributed by atoms with Gasteiger partial charge in [0, 0.05) is 32.7 Å². The van der Waals surface area contributed by atoms with E-state index >= 15 is 0 Å². The van der Waals surface area contributed by atoms with E-state index in [1.54, 1.807) is 7.11 Å². The van der Waals surface area contributed by atoms with E-state index in [2.05, 4.69) is 12.2 Å². The van der Waals surface area contributed by atoms with Crippen LogP contribution in [-0.2, 0) is 9.47 Å². The zero-order valence-corrected chi connectivity index (χ0v) is 9.92. The maximum Gasteiger partial charge on any atom is 0.106 e. The highest BCUT2D eigenvalue weighted by Gasteiger charge is 2.35. The number of ether oxygens (including phenoxy) is 2. The Bertz CT molecular complexity index is 202. The zero-order valence-electron chi connectivity index (χ0n) is 9.92. The van der Waals surface area contributed by atoms with Gasteiger partial charge in [-0.05, 0) is 25.2 Å². The summed E-state index contributed by atoms with van der Waals surface area (Å²) in [4.78, 5) is 0. The van der Waals surface area contributed by atoms with Gasteiger partial charge in [-0.1, -0.05) is 6.92 Å². The molecule has 1 N–H and O–H groups in total. The highest BCUT2D eigenvalue weighted by atomic mass is 16.5. The summed E-state index contributed by atoms with van der Waals surface area (Å²) in [6.45, 7) is 4.88. The molecular weight excluding hydrogens is 190 g/mol. The summed E-state index contributed by atoms with van der Waals surface area (Å²) in [5.74, 6) is 0.890. The molecule has 3 heteroatoms. The molecule has 1 aliphatic carbocycles. The summed E-state index contributed by atoms with van der Waals surface area (Å²) in [5.41, 5.74) is -0.0498. The third-order valence-electron chi connectivity index (χ3n) is 3.91. The number of rotatable bonds is 4. The van der Waals surface area contributed by atoms with E-state index in [1.807, 2.05) is 0 Å². The minimum Gasteiger partial charge on any atom is -0.378 e. The molecule has 0 aromatic carbocycles. The topological polar surface area (TPSA) is 30.5 Å². The summed E-state index contributed by atoms with van der Waals surface area (Å²) in [5, 5.41) is 3.64. The van der Waals surface area contributed by atoms with E-state index in [9.17, 15) is 0 Å². The molecule has 1 aliphatic heterocycles. The van der Waals surface area contributed by atoms with Crippen molar-refractivity contribution in [1.29, 1.82) is 0 Å². The van der Waals surface area contributed by atoms with E-state index in [-0.39, 0.29) is 5.60 Å². The van der Waals surface area contributed by atoms with E-state index in [4.69, 9.17) is 9.47 Å². The number of hydrogen-bond donors (Lipinski definition) is 1. The van der Waals surface area contributed by atoms with Gasteiger partial charge in [0.2, 0.25) is 0 Å². The molecular formula is C12H23NO2. The molecule has 2 aliphatic rings. The molecule has 2 rings (SSSR count). The standard InChI is InChI=1S/C12H23NO2/c1-10-3-4-11(7-10)13-8-12(14-2)5-6-15-9-12/h10-11,13H,3-9H2,1-2H3. The first-order chi connectivity index (χ1) is 7.24. The second-order valence-electron chi connectivity index (χ2n) is 5.19. The van der Waals surface area contributed by atoms with Crippen molar-refractivity contribution in [2.75, 3.05) is 26.9 Å². The Morgan fingerprint density at radius 3 is 2.87 bits per heavy atom. The normalized spacial score (nSPS) is 41.2. The fourth-order valence-electron chi connectivity index (χ4n) is 2.68. The molecule has 0 aromatic heterocycles. The van der Waals surface area contributed by atoms with Gasteiger partial charge in [0.25, 0.3) is 0 Å². The van der Waals surface area contributed by atoms with Crippen LogP contribution in [0.4, 0.5) is 0 Å². The Morgan fingerprint density at radius 1 is 1.47 bits per heavy atom. The molecule has 0 amide bonds. The van der Waals surface area contributed by atoms with E-state index in [0.29, 0.717) is 6.04 Å². The average Bonchev–Trinajstić information content (AvgIpc) is 2.85. The van der Waals surface area contributed by atoms with Crippen LogP contribution in [0.3, 0.4) is 0 Å². The predicted octanol–water partition coefficient (Wildman–Crippen LogP) is 1.57. The summed E-state index contributed by atoms with van der Waals surface area (Å²) in [7, 11) is 1.80. The Labute approximate surface area is 92.5 Å². The molecule has 1 saturated carbocycles. The van der Waals surface area contributed by atoms with Gasteiger partial charge in [0.15, 0.2) is 0 Å². The molecule has 1 heterocycles. The van der Waals surface area contributed by atoms with Crippen molar-refractivity contribution in [2.24, 2.45) is 5.92 Å². The third kappa shape index (κ3) is 2.71. The highest BCUT2D eigenvalue weighted by Crippen LogP contribution is 2.26. The SMILES string of the molecule is COC1(CNC2CCC(C)C2)CCOC1. The monoisotopic (exact) mass is 213 g/mol. The molecule has 1 saturated heterocycles. The molecule has 0 radical (unpaired) electrons. The van der Waals surface area contributed by atoms with E-state index in [1.165, 1.54) is 19.3 Å². The summed E-state index contributed by atoms with van der Waals surface area (Å²) < 4.78 is 11.0. The first kappa shape index (κ1) is 11.4. The number of hydrogen-bond acceptors (Lipinski definition) is 3. The van der Waals surface area contributed by atoms with Crippen LogP contribution in [0.5, 0.6) is 0 Å². The molecule has 2 fully saturated rings. The lowest BCUT2D eigenvalue weighted by molar-refractivity contribution is -0.0174. The quantitative estimate of drug-likeness (QED) is 0.769. The predicted molar refractivity (Wildman–Crippen MR) is 60.0 cm³/mol. The number of methoxy groups -OCH3 is 1.